The molecular formula is C27H33N3O2S. The number of para-hydroxylation sites is 1. The van der Waals surface area contributed by atoms with E-state index in [4.69, 9.17) is 0 Å². The summed E-state index contributed by atoms with van der Waals surface area (Å²) in [6.45, 7) is 6.54. The van der Waals surface area contributed by atoms with Crippen LogP contribution in [0.1, 0.15) is 73.3 Å². The molecule has 1 aromatic carbocycles. The molecule has 1 atom stereocenters. The maximum Gasteiger partial charge on any atom is 0.275 e. The van der Waals surface area contributed by atoms with Crippen molar-refractivity contribution in [2.75, 3.05) is 4.90 Å². The molecule has 3 heterocycles. The quantitative estimate of drug-likeness (QED) is 0.495. The number of carbonyl (C=O) groups is 2. The molecule has 1 aliphatic carbocycles. The van der Waals surface area contributed by atoms with E-state index in [9.17, 15) is 9.59 Å². The fraction of sp³-hybridized carbons (Fsp3) is 0.481. The van der Waals surface area contributed by atoms with Gasteiger partial charge in [0.1, 0.15) is 11.2 Å². The average molecular weight is 464 g/mol. The van der Waals surface area contributed by atoms with Crippen molar-refractivity contribution in [2.45, 2.75) is 83.8 Å². The van der Waals surface area contributed by atoms with Gasteiger partial charge in [-0.3, -0.25) is 14.5 Å². The first kappa shape index (κ1) is 22.2. The number of rotatable bonds is 4. The Hall–Kier alpha value is -2.60. The summed E-state index contributed by atoms with van der Waals surface area (Å²) in [5.74, 6) is -0.153. The highest BCUT2D eigenvalue weighted by atomic mass is 32.1. The molecule has 174 valence electrons. The van der Waals surface area contributed by atoms with Crippen LogP contribution in [0.2, 0.25) is 0 Å². The lowest BCUT2D eigenvalue weighted by molar-refractivity contribution is -0.127. The Morgan fingerprint density at radius 3 is 2.58 bits per heavy atom. The molecule has 1 N–H and O–H groups in total. The topological polar surface area (TPSA) is 54.3 Å². The number of fused-ring (bicyclic) bond motifs is 3. The normalized spacial score (nSPS) is 21.8. The van der Waals surface area contributed by atoms with E-state index in [0.29, 0.717) is 12.2 Å². The summed E-state index contributed by atoms with van der Waals surface area (Å²) in [7, 11) is 0. The summed E-state index contributed by atoms with van der Waals surface area (Å²) in [5.41, 5.74) is 2.53. The van der Waals surface area contributed by atoms with E-state index >= 15 is 0 Å². The van der Waals surface area contributed by atoms with Crippen LogP contribution in [0.3, 0.4) is 0 Å². The van der Waals surface area contributed by atoms with Gasteiger partial charge in [0.25, 0.3) is 5.91 Å². The molecule has 2 amide bonds. The highest BCUT2D eigenvalue weighted by Gasteiger charge is 2.49. The molecule has 1 fully saturated rings. The Labute approximate surface area is 199 Å². The second-order valence-electron chi connectivity index (χ2n) is 9.79. The number of aromatic nitrogens is 1. The molecule has 1 aliphatic heterocycles. The Kier molecular flexibility index (Phi) is 5.81. The highest BCUT2D eigenvalue weighted by Crippen LogP contribution is 2.39. The number of anilines is 1. The van der Waals surface area contributed by atoms with Gasteiger partial charge in [-0.15, -0.1) is 11.3 Å². The van der Waals surface area contributed by atoms with Gasteiger partial charge in [-0.05, 0) is 56.9 Å². The molecule has 33 heavy (non-hydrogen) atoms. The number of carbonyl (C=O) groups excluding carboxylic acids is 2. The van der Waals surface area contributed by atoms with Gasteiger partial charge in [-0.25, -0.2) is 0 Å². The summed E-state index contributed by atoms with van der Waals surface area (Å²) in [5, 5.41) is 3.35. The Morgan fingerprint density at radius 2 is 1.88 bits per heavy atom. The maximum atomic E-state index is 14.0. The van der Waals surface area contributed by atoms with Gasteiger partial charge in [-0.2, -0.15) is 0 Å². The van der Waals surface area contributed by atoms with Crippen LogP contribution in [0.5, 0.6) is 0 Å². The van der Waals surface area contributed by atoms with Gasteiger partial charge in [0.15, 0.2) is 0 Å². The summed E-state index contributed by atoms with van der Waals surface area (Å²) >= 11 is 1.74. The minimum absolute atomic E-state index is 0.0514. The van der Waals surface area contributed by atoms with Crippen molar-refractivity contribution in [3.63, 3.8) is 0 Å². The van der Waals surface area contributed by atoms with Crippen molar-refractivity contribution in [3.8, 4) is 0 Å². The van der Waals surface area contributed by atoms with Gasteiger partial charge >= 0.3 is 0 Å². The van der Waals surface area contributed by atoms with E-state index in [-0.39, 0.29) is 17.9 Å². The van der Waals surface area contributed by atoms with E-state index < -0.39 is 5.54 Å². The first-order valence-electron chi connectivity index (χ1n) is 12.3. The fourth-order valence-corrected chi connectivity index (χ4v) is 6.50. The van der Waals surface area contributed by atoms with E-state index in [1.807, 2.05) is 44.2 Å². The van der Waals surface area contributed by atoms with Crippen molar-refractivity contribution in [3.05, 3.63) is 52.5 Å². The zero-order chi connectivity index (χ0) is 23.2. The van der Waals surface area contributed by atoms with E-state index in [0.717, 1.165) is 53.6 Å². The van der Waals surface area contributed by atoms with Gasteiger partial charge in [-0.1, -0.05) is 50.8 Å². The fourth-order valence-electron chi connectivity index (χ4n) is 5.46. The predicted molar refractivity (Wildman–Crippen MR) is 135 cm³/mol. The Morgan fingerprint density at radius 1 is 1.15 bits per heavy atom. The summed E-state index contributed by atoms with van der Waals surface area (Å²) in [6.07, 6.45) is 7.78. The third-order valence-electron chi connectivity index (χ3n) is 7.41. The number of aryl methyl sites for hydroxylation is 2. The molecule has 2 aliphatic rings. The first-order chi connectivity index (χ1) is 15.9. The van der Waals surface area contributed by atoms with Crippen LogP contribution < -0.4 is 10.2 Å². The van der Waals surface area contributed by atoms with E-state index in [2.05, 4.69) is 22.9 Å². The summed E-state index contributed by atoms with van der Waals surface area (Å²) < 4.78 is 3.20. The van der Waals surface area contributed by atoms with E-state index in [1.54, 1.807) is 16.2 Å². The van der Waals surface area contributed by atoms with Gasteiger partial charge in [0.05, 0.1) is 16.8 Å². The van der Waals surface area contributed by atoms with Crippen molar-refractivity contribution >= 4 is 39.1 Å². The van der Waals surface area contributed by atoms with Crippen LogP contribution in [0.15, 0.2) is 36.4 Å². The minimum atomic E-state index is -1.01. The third kappa shape index (κ3) is 3.78. The minimum Gasteiger partial charge on any atom is -0.351 e. The van der Waals surface area contributed by atoms with Gasteiger partial charge in [0, 0.05) is 16.6 Å². The second kappa shape index (κ2) is 8.64. The molecule has 3 aromatic rings. The van der Waals surface area contributed by atoms with Crippen molar-refractivity contribution < 1.29 is 9.59 Å². The molecule has 5 nitrogen and oxygen atoms in total. The average Bonchev–Trinajstić information content (AvgIpc) is 3.24. The number of thiophene rings is 1. The molecule has 0 spiro atoms. The van der Waals surface area contributed by atoms with Crippen molar-refractivity contribution in [1.29, 1.82) is 0 Å². The van der Waals surface area contributed by atoms with E-state index in [1.165, 1.54) is 17.7 Å². The molecule has 1 saturated carbocycles. The van der Waals surface area contributed by atoms with Crippen LogP contribution in [-0.4, -0.2) is 28.0 Å². The molecule has 2 aromatic heterocycles. The lowest BCUT2D eigenvalue weighted by Crippen LogP contribution is -2.65. The largest absolute Gasteiger partial charge is 0.351 e. The molecule has 0 bridgehead atoms. The van der Waals surface area contributed by atoms with Crippen molar-refractivity contribution in [1.82, 2.24) is 9.88 Å². The second-order valence-corrected chi connectivity index (χ2v) is 11.0. The molecule has 0 saturated heterocycles. The number of benzene rings is 1. The van der Waals surface area contributed by atoms with Gasteiger partial charge in [0.2, 0.25) is 5.91 Å². The standard InChI is InChI=1S/C27H33N3O2S/c1-4-20-15-22-24(33-20)16-23-25(31)30(21-14-10-9-11-18(21)2)27(3,17-29(22)23)26(32)28-19-12-7-5-6-8-13-19/h9-11,14-16,19H,4-8,12-13,17H2,1-3H3,(H,28,32)/t27-/m0/s1. The summed E-state index contributed by atoms with van der Waals surface area (Å²) in [4.78, 5) is 31.0. The van der Waals surface area contributed by atoms with Crippen LogP contribution in [0.25, 0.3) is 10.2 Å². The molecule has 0 unspecified atom stereocenters. The predicted octanol–water partition coefficient (Wildman–Crippen LogP) is 5.83. The smallest absolute Gasteiger partial charge is 0.275 e. The number of amides is 2. The van der Waals surface area contributed by atoms with Crippen LogP contribution in [-0.2, 0) is 17.8 Å². The zero-order valence-corrected chi connectivity index (χ0v) is 20.6. The van der Waals surface area contributed by atoms with Crippen LogP contribution in [0, 0.1) is 6.92 Å². The SMILES string of the molecule is CCc1cc2c(cc3n2C[C@@](C)(C(=O)NC2CCCCCC2)N(c2ccccc2C)C3=O)s1. The third-order valence-corrected chi connectivity index (χ3v) is 8.62. The highest BCUT2D eigenvalue weighted by molar-refractivity contribution is 7.19. The Balaban J connectivity index is 1.60. The van der Waals surface area contributed by atoms with Crippen LogP contribution >= 0.6 is 11.3 Å². The number of nitrogens with one attached hydrogen (secondary N) is 1. The Bertz CT molecular complexity index is 1200. The number of hydrogen-bond donors (Lipinski definition) is 1. The van der Waals surface area contributed by atoms with Gasteiger partial charge < -0.3 is 9.88 Å². The zero-order valence-electron chi connectivity index (χ0n) is 19.8. The lowest BCUT2D eigenvalue weighted by atomic mass is 9.92. The molecule has 6 heteroatoms. The molecular weight excluding hydrogens is 430 g/mol. The monoisotopic (exact) mass is 463 g/mol. The molecule has 0 radical (unpaired) electrons. The number of hydrogen-bond acceptors (Lipinski definition) is 3. The van der Waals surface area contributed by atoms with Crippen molar-refractivity contribution in [2.24, 2.45) is 0 Å². The lowest BCUT2D eigenvalue weighted by Gasteiger charge is -2.45. The maximum absolute atomic E-state index is 14.0. The molecule has 5 rings (SSSR count). The van der Waals surface area contributed by atoms with Crippen LogP contribution in [0.4, 0.5) is 5.69 Å². The summed E-state index contributed by atoms with van der Waals surface area (Å²) in [6, 6.07) is 12.3. The first-order valence-corrected chi connectivity index (χ1v) is 13.1. The number of nitrogens with zero attached hydrogens (tertiary/aromatic N) is 2.